The van der Waals surface area contributed by atoms with Crippen molar-refractivity contribution in [2.24, 2.45) is 7.05 Å². The maximum Gasteiger partial charge on any atom is 0.164 e. The molecule has 0 saturated carbocycles. The fourth-order valence-electron chi connectivity index (χ4n) is 3.48. The number of halogens is 1. The van der Waals surface area contributed by atoms with Crippen LogP contribution in [0.4, 0.5) is 5.82 Å². The Kier molecular flexibility index (Phi) is 3.88. The van der Waals surface area contributed by atoms with Crippen molar-refractivity contribution in [1.29, 1.82) is 0 Å². The molecular formula is C17H18BrN5O. The molecule has 0 radical (unpaired) electrons. The molecule has 6 nitrogen and oxygen atoms in total. The average molecular weight is 388 g/mol. The summed E-state index contributed by atoms with van der Waals surface area (Å²) in [4.78, 5) is 11.2. The highest BCUT2D eigenvalue weighted by atomic mass is 79.9. The van der Waals surface area contributed by atoms with Gasteiger partial charge in [-0.2, -0.15) is 5.10 Å². The van der Waals surface area contributed by atoms with Gasteiger partial charge in [0, 0.05) is 26.1 Å². The van der Waals surface area contributed by atoms with Crippen LogP contribution in [0.15, 0.2) is 35.2 Å². The Hall–Kier alpha value is -2.15. The van der Waals surface area contributed by atoms with E-state index >= 15 is 0 Å². The maximum absolute atomic E-state index is 5.53. The molecule has 7 heteroatoms. The molecule has 1 fully saturated rings. The number of rotatable bonds is 3. The van der Waals surface area contributed by atoms with Crippen LogP contribution < -0.4 is 9.64 Å². The van der Waals surface area contributed by atoms with Gasteiger partial charge in [-0.3, -0.25) is 0 Å². The Bertz CT molecular complexity index is 894. The lowest BCUT2D eigenvalue weighted by Gasteiger charge is -2.19. The Balaban J connectivity index is 1.68. The van der Waals surface area contributed by atoms with Crippen molar-refractivity contribution < 1.29 is 4.74 Å². The van der Waals surface area contributed by atoms with E-state index in [1.54, 1.807) is 18.1 Å². The third-order valence-electron chi connectivity index (χ3n) is 4.62. The summed E-state index contributed by atoms with van der Waals surface area (Å²) in [6.07, 6.45) is 2.69. The minimum Gasteiger partial charge on any atom is -0.496 e. The van der Waals surface area contributed by atoms with Gasteiger partial charge in [0.15, 0.2) is 5.65 Å². The second kappa shape index (κ2) is 6.05. The van der Waals surface area contributed by atoms with Crippen molar-refractivity contribution in [2.45, 2.75) is 12.3 Å². The van der Waals surface area contributed by atoms with E-state index in [2.05, 4.69) is 48.0 Å². The number of aryl methyl sites for hydroxylation is 1. The highest BCUT2D eigenvalue weighted by Gasteiger charge is 2.29. The zero-order chi connectivity index (χ0) is 16.7. The molecule has 3 heterocycles. The van der Waals surface area contributed by atoms with Crippen molar-refractivity contribution in [3.8, 4) is 5.75 Å². The number of benzene rings is 1. The van der Waals surface area contributed by atoms with Crippen molar-refractivity contribution in [3.63, 3.8) is 0 Å². The van der Waals surface area contributed by atoms with Gasteiger partial charge in [-0.25, -0.2) is 14.6 Å². The third kappa shape index (κ3) is 2.43. The summed E-state index contributed by atoms with van der Waals surface area (Å²) in [5.41, 5.74) is 2.10. The molecule has 1 aliphatic rings. The van der Waals surface area contributed by atoms with Crippen molar-refractivity contribution in [1.82, 2.24) is 19.7 Å². The van der Waals surface area contributed by atoms with E-state index in [-0.39, 0.29) is 0 Å². The highest BCUT2D eigenvalue weighted by Crippen LogP contribution is 2.37. The van der Waals surface area contributed by atoms with Gasteiger partial charge in [0.1, 0.15) is 22.5 Å². The average Bonchev–Trinajstić information content (AvgIpc) is 3.20. The molecule has 1 saturated heterocycles. The van der Waals surface area contributed by atoms with E-state index in [1.807, 2.05) is 19.2 Å². The fraction of sp³-hybridized carbons (Fsp3) is 0.353. The molecule has 1 atom stereocenters. The Morgan fingerprint density at radius 2 is 2.08 bits per heavy atom. The van der Waals surface area contributed by atoms with Crippen LogP contribution in [0.1, 0.15) is 17.9 Å². The van der Waals surface area contributed by atoms with Crippen molar-refractivity contribution >= 4 is 32.8 Å². The lowest BCUT2D eigenvalue weighted by molar-refractivity contribution is 0.406. The lowest BCUT2D eigenvalue weighted by atomic mass is 9.97. The summed E-state index contributed by atoms with van der Waals surface area (Å²) in [5, 5.41) is 5.38. The number of para-hydroxylation sites is 1. The van der Waals surface area contributed by atoms with Gasteiger partial charge in [0.05, 0.1) is 12.5 Å². The van der Waals surface area contributed by atoms with E-state index in [9.17, 15) is 0 Å². The molecule has 0 bridgehead atoms. The number of anilines is 1. The predicted octanol–water partition coefficient (Wildman–Crippen LogP) is 3.13. The van der Waals surface area contributed by atoms with Crippen LogP contribution in [-0.4, -0.2) is 39.9 Å². The summed E-state index contributed by atoms with van der Waals surface area (Å²) in [5.74, 6) is 2.33. The largest absolute Gasteiger partial charge is 0.496 e. The topological polar surface area (TPSA) is 56.1 Å². The molecule has 124 valence electrons. The van der Waals surface area contributed by atoms with Crippen molar-refractivity contribution in [3.05, 3.63) is 40.8 Å². The zero-order valence-corrected chi connectivity index (χ0v) is 15.2. The van der Waals surface area contributed by atoms with E-state index in [0.29, 0.717) is 5.92 Å². The smallest absolute Gasteiger partial charge is 0.164 e. The Morgan fingerprint density at radius 3 is 2.92 bits per heavy atom. The standard InChI is InChI=1S/C17H18BrN5O/c1-22-16-14(15(18)21-22)17(20-10-19-16)23-8-7-11(9-23)12-5-3-4-6-13(12)24-2/h3-6,10-11H,7-9H2,1-2H3. The number of hydrogen-bond acceptors (Lipinski definition) is 5. The molecule has 1 unspecified atom stereocenters. The zero-order valence-electron chi connectivity index (χ0n) is 13.6. The van der Waals surface area contributed by atoms with Gasteiger partial charge in [0.2, 0.25) is 0 Å². The normalized spacial score (nSPS) is 17.6. The second-order valence-corrected chi connectivity index (χ2v) is 6.74. The van der Waals surface area contributed by atoms with E-state index < -0.39 is 0 Å². The number of ether oxygens (including phenoxy) is 1. The first-order valence-corrected chi connectivity index (χ1v) is 8.69. The number of methoxy groups -OCH3 is 1. The molecular weight excluding hydrogens is 370 g/mol. The van der Waals surface area contributed by atoms with Gasteiger partial charge >= 0.3 is 0 Å². The summed E-state index contributed by atoms with van der Waals surface area (Å²) in [6, 6.07) is 8.26. The van der Waals surface area contributed by atoms with Crippen LogP contribution in [-0.2, 0) is 7.05 Å². The summed E-state index contributed by atoms with van der Waals surface area (Å²) < 4.78 is 8.09. The number of aromatic nitrogens is 4. The molecule has 4 rings (SSSR count). The Morgan fingerprint density at radius 1 is 1.25 bits per heavy atom. The van der Waals surface area contributed by atoms with E-state index in [4.69, 9.17) is 4.74 Å². The number of fused-ring (bicyclic) bond motifs is 1. The van der Waals surface area contributed by atoms with E-state index in [0.717, 1.165) is 46.7 Å². The van der Waals surface area contributed by atoms with Gasteiger partial charge in [-0.1, -0.05) is 18.2 Å². The van der Waals surface area contributed by atoms with Gasteiger partial charge in [0.25, 0.3) is 0 Å². The molecule has 0 amide bonds. The minimum absolute atomic E-state index is 0.432. The van der Waals surface area contributed by atoms with Crippen LogP contribution in [0.2, 0.25) is 0 Å². The van der Waals surface area contributed by atoms with Gasteiger partial charge in [-0.05, 0) is 34.0 Å². The third-order valence-corrected chi connectivity index (χ3v) is 5.18. The minimum atomic E-state index is 0.432. The van der Waals surface area contributed by atoms with Crippen LogP contribution in [0, 0.1) is 0 Å². The van der Waals surface area contributed by atoms with Crippen LogP contribution in [0.5, 0.6) is 5.75 Å². The van der Waals surface area contributed by atoms with Gasteiger partial charge in [-0.15, -0.1) is 0 Å². The SMILES string of the molecule is COc1ccccc1C1CCN(c2ncnc3c2c(Br)nn3C)C1. The first-order chi connectivity index (χ1) is 11.7. The molecule has 1 aromatic carbocycles. The van der Waals surface area contributed by atoms with Crippen LogP contribution in [0.3, 0.4) is 0 Å². The summed E-state index contributed by atoms with van der Waals surface area (Å²) >= 11 is 3.54. The van der Waals surface area contributed by atoms with Crippen molar-refractivity contribution in [2.75, 3.05) is 25.1 Å². The fourth-order valence-corrected chi connectivity index (χ4v) is 4.07. The van der Waals surface area contributed by atoms with Gasteiger partial charge < -0.3 is 9.64 Å². The highest BCUT2D eigenvalue weighted by molar-refractivity contribution is 9.10. The number of nitrogens with zero attached hydrogens (tertiary/aromatic N) is 5. The molecule has 0 aliphatic carbocycles. The molecule has 24 heavy (non-hydrogen) atoms. The quantitative estimate of drug-likeness (QED) is 0.690. The molecule has 1 aliphatic heterocycles. The Labute approximate surface area is 148 Å². The molecule has 0 N–H and O–H groups in total. The van der Waals surface area contributed by atoms with Crippen LogP contribution >= 0.6 is 15.9 Å². The van der Waals surface area contributed by atoms with Crippen LogP contribution in [0.25, 0.3) is 11.0 Å². The number of hydrogen-bond donors (Lipinski definition) is 0. The molecule has 2 aromatic heterocycles. The summed E-state index contributed by atoms with van der Waals surface area (Å²) in [7, 11) is 3.62. The first-order valence-electron chi connectivity index (χ1n) is 7.90. The second-order valence-electron chi connectivity index (χ2n) is 5.98. The lowest BCUT2D eigenvalue weighted by Crippen LogP contribution is -2.21. The maximum atomic E-state index is 5.53. The first kappa shape index (κ1) is 15.4. The summed E-state index contributed by atoms with van der Waals surface area (Å²) in [6.45, 7) is 1.87. The monoisotopic (exact) mass is 387 g/mol. The predicted molar refractivity (Wildman–Crippen MR) is 96.6 cm³/mol. The molecule has 0 spiro atoms. The van der Waals surface area contributed by atoms with E-state index in [1.165, 1.54) is 5.56 Å². The molecule has 3 aromatic rings.